The lowest BCUT2D eigenvalue weighted by molar-refractivity contribution is -0.123. The summed E-state index contributed by atoms with van der Waals surface area (Å²) < 4.78 is 14.5. The van der Waals surface area contributed by atoms with E-state index in [1.165, 1.54) is 12.5 Å². The zero-order chi connectivity index (χ0) is 13.8. The second-order valence-corrected chi connectivity index (χ2v) is 6.43. The van der Waals surface area contributed by atoms with Gasteiger partial charge in [-0.1, -0.05) is 42.1 Å². The summed E-state index contributed by atoms with van der Waals surface area (Å²) >= 11 is 3.33. The van der Waals surface area contributed by atoms with E-state index in [2.05, 4.69) is 22.9 Å². The monoisotopic (exact) mass is 326 g/mol. The fourth-order valence-corrected chi connectivity index (χ4v) is 3.37. The summed E-state index contributed by atoms with van der Waals surface area (Å²) in [5.41, 5.74) is 0.512. The van der Waals surface area contributed by atoms with Gasteiger partial charge in [-0.3, -0.25) is 4.79 Å². The minimum absolute atomic E-state index is 0.136. The lowest BCUT2D eigenvalue weighted by Gasteiger charge is -2.27. The highest BCUT2D eigenvalue weighted by atomic mass is 79.9. The maximum Gasteiger partial charge on any atom is 0.140 e. The summed E-state index contributed by atoms with van der Waals surface area (Å²) in [6.07, 6.45) is 5.72. The largest absolute Gasteiger partial charge is 0.299 e. The molecule has 19 heavy (non-hydrogen) atoms. The molecule has 1 nitrogen and oxygen atoms in total. The molecule has 2 rings (SSSR count). The van der Waals surface area contributed by atoms with Gasteiger partial charge in [0.05, 0.1) is 0 Å². The van der Waals surface area contributed by atoms with E-state index in [1.54, 1.807) is 12.1 Å². The molecule has 1 aromatic rings. The van der Waals surface area contributed by atoms with Gasteiger partial charge in [-0.25, -0.2) is 4.39 Å². The first kappa shape index (κ1) is 14.7. The Morgan fingerprint density at radius 3 is 2.95 bits per heavy atom. The van der Waals surface area contributed by atoms with Crippen molar-refractivity contribution in [2.24, 2.45) is 11.8 Å². The number of ketones is 1. The number of halogens is 2. The standard InChI is InChI=1S/C16H20BrFO/c1-2-11-4-3-5-12(8-11)16(19)10-13-9-14(17)6-7-15(13)18/h6-7,9,11-12H,2-5,8,10H2,1H3. The van der Waals surface area contributed by atoms with Gasteiger partial charge in [0.1, 0.15) is 11.6 Å². The Hall–Kier alpha value is -0.700. The minimum Gasteiger partial charge on any atom is -0.299 e. The van der Waals surface area contributed by atoms with E-state index >= 15 is 0 Å². The predicted molar refractivity (Wildman–Crippen MR) is 78.6 cm³/mol. The quantitative estimate of drug-likeness (QED) is 0.767. The molecule has 1 saturated carbocycles. The highest BCUT2D eigenvalue weighted by Gasteiger charge is 2.26. The highest BCUT2D eigenvalue weighted by molar-refractivity contribution is 9.10. The lowest BCUT2D eigenvalue weighted by atomic mass is 9.77. The van der Waals surface area contributed by atoms with Crippen LogP contribution in [0.1, 0.15) is 44.6 Å². The molecule has 0 aromatic heterocycles. The molecule has 0 amide bonds. The molecule has 0 N–H and O–H groups in total. The second kappa shape index (κ2) is 6.65. The summed E-state index contributed by atoms with van der Waals surface area (Å²) in [5, 5.41) is 0. The molecular weight excluding hydrogens is 307 g/mol. The average molecular weight is 327 g/mol. The zero-order valence-electron chi connectivity index (χ0n) is 11.3. The maximum atomic E-state index is 13.7. The van der Waals surface area contributed by atoms with Crippen LogP contribution in [0.5, 0.6) is 0 Å². The number of rotatable bonds is 4. The van der Waals surface area contributed by atoms with E-state index in [-0.39, 0.29) is 23.9 Å². The Morgan fingerprint density at radius 2 is 2.21 bits per heavy atom. The van der Waals surface area contributed by atoms with E-state index in [0.29, 0.717) is 11.5 Å². The van der Waals surface area contributed by atoms with Crippen molar-refractivity contribution in [3.63, 3.8) is 0 Å². The molecule has 2 atom stereocenters. The normalized spacial score (nSPS) is 23.3. The van der Waals surface area contributed by atoms with Gasteiger partial charge in [-0.2, -0.15) is 0 Å². The minimum atomic E-state index is -0.278. The van der Waals surface area contributed by atoms with Gasteiger partial charge >= 0.3 is 0 Å². The van der Waals surface area contributed by atoms with Gasteiger partial charge in [-0.15, -0.1) is 0 Å². The Labute approximate surface area is 122 Å². The van der Waals surface area contributed by atoms with Crippen molar-refractivity contribution in [2.45, 2.75) is 45.4 Å². The van der Waals surface area contributed by atoms with Crippen molar-refractivity contribution in [1.29, 1.82) is 0 Å². The van der Waals surface area contributed by atoms with Gasteiger partial charge in [0.15, 0.2) is 0 Å². The van der Waals surface area contributed by atoms with Crippen molar-refractivity contribution < 1.29 is 9.18 Å². The number of Topliss-reactive ketones (excluding diaryl/α,β-unsaturated/α-hetero) is 1. The number of benzene rings is 1. The molecule has 0 saturated heterocycles. The molecule has 0 bridgehead atoms. The predicted octanol–water partition coefficient (Wildman–Crippen LogP) is 4.92. The van der Waals surface area contributed by atoms with Crippen molar-refractivity contribution in [3.8, 4) is 0 Å². The van der Waals surface area contributed by atoms with Crippen LogP contribution in [0.4, 0.5) is 4.39 Å². The summed E-state index contributed by atoms with van der Waals surface area (Å²) in [7, 11) is 0. The third-order valence-corrected chi connectivity index (χ3v) is 4.68. The van der Waals surface area contributed by atoms with Crippen LogP contribution < -0.4 is 0 Å². The van der Waals surface area contributed by atoms with Crippen LogP contribution >= 0.6 is 15.9 Å². The van der Waals surface area contributed by atoms with Crippen molar-refractivity contribution in [3.05, 3.63) is 34.1 Å². The van der Waals surface area contributed by atoms with E-state index in [4.69, 9.17) is 0 Å². The fourth-order valence-electron chi connectivity index (χ4n) is 2.97. The van der Waals surface area contributed by atoms with Crippen LogP contribution in [0, 0.1) is 17.7 Å². The molecule has 1 aliphatic rings. The van der Waals surface area contributed by atoms with E-state index in [9.17, 15) is 9.18 Å². The second-order valence-electron chi connectivity index (χ2n) is 5.52. The van der Waals surface area contributed by atoms with Crippen molar-refractivity contribution >= 4 is 21.7 Å². The number of carbonyl (C=O) groups excluding carboxylic acids is 1. The third kappa shape index (κ3) is 3.88. The lowest BCUT2D eigenvalue weighted by Crippen LogP contribution is -2.24. The van der Waals surface area contributed by atoms with Crippen LogP contribution in [0.15, 0.2) is 22.7 Å². The summed E-state index contributed by atoms with van der Waals surface area (Å²) in [4.78, 5) is 12.3. The third-order valence-electron chi connectivity index (χ3n) is 4.19. The van der Waals surface area contributed by atoms with Crippen LogP contribution in [0.25, 0.3) is 0 Å². The summed E-state index contributed by atoms with van der Waals surface area (Å²) in [6, 6.07) is 4.80. The topological polar surface area (TPSA) is 17.1 Å². The van der Waals surface area contributed by atoms with E-state index < -0.39 is 0 Å². The molecule has 0 radical (unpaired) electrons. The molecule has 0 heterocycles. The van der Waals surface area contributed by atoms with Crippen molar-refractivity contribution in [2.75, 3.05) is 0 Å². The Bertz CT molecular complexity index is 458. The van der Waals surface area contributed by atoms with Crippen LogP contribution in [0.2, 0.25) is 0 Å². The Kier molecular flexibility index (Phi) is 5.14. The maximum absolute atomic E-state index is 13.7. The first-order valence-electron chi connectivity index (χ1n) is 7.06. The molecule has 1 aliphatic carbocycles. The first-order chi connectivity index (χ1) is 9.10. The van der Waals surface area contributed by atoms with E-state index in [0.717, 1.165) is 30.2 Å². The number of hydrogen-bond donors (Lipinski definition) is 0. The summed E-state index contributed by atoms with van der Waals surface area (Å²) in [5.74, 6) is 0.738. The Balaban J connectivity index is 2.02. The highest BCUT2D eigenvalue weighted by Crippen LogP contribution is 2.32. The van der Waals surface area contributed by atoms with Crippen molar-refractivity contribution in [1.82, 2.24) is 0 Å². The molecule has 1 aromatic carbocycles. The van der Waals surface area contributed by atoms with Crippen LogP contribution in [-0.2, 0) is 11.2 Å². The fraction of sp³-hybridized carbons (Fsp3) is 0.562. The average Bonchev–Trinajstić information content (AvgIpc) is 2.43. The van der Waals surface area contributed by atoms with Gasteiger partial charge in [0.25, 0.3) is 0 Å². The Morgan fingerprint density at radius 1 is 1.42 bits per heavy atom. The van der Waals surface area contributed by atoms with E-state index in [1.807, 2.05) is 0 Å². The van der Waals surface area contributed by atoms with Gasteiger partial charge < -0.3 is 0 Å². The molecule has 2 unspecified atom stereocenters. The summed E-state index contributed by atoms with van der Waals surface area (Å²) in [6.45, 7) is 2.19. The van der Waals surface area contributed by atoms with Gasteiger partial charge in [-0.05, 0) is 42.5 Å². The molecular formula is C16H20BrFO. The molecule has 3 heteroatoms. The number of hydrogen-bond acceptors (Lipinski definition) is 1. The van der Waals surface area contributed by atoms with Crippen LogP contribution in [0.3, 0.4) is 0 Å². The first-order valence-corrected chi connectivity index (χ1v) is 7.86. The molecule has 0 spiro atoms. The molecule has 0 aliphatic heterocycles. The van der Waals surface area contributed by atoms with Gasteiger partial charge in [0.2, 0.25) is 0 Å². The zero-order valence-corrected chi connectivity index (χ0v) is 12.9. The number of carbonyl (C=O) groups is 1. The van der Waals surface area contributed by atoms with Crippen LogP contribution in [-0.4, -0.2) is 5.78 Å². The molecule has 1 fully saturated rings. The SMILES string of the molecule is CCC1CCCC(C(=O)Cc2cc(Br)ccc2F)C1. The van der Waals surface area contributed by atoms with Gasteiger partial charge in [0, 0.05) is 16.8 Å². The smallest absolute Gasteiger partial charge is 0.140 e. The molecule has 104 valence electrons.